The third kappa shape index (κ3) is 6.68. The number of nitrogens with one attached hydrogen (secondary N) is 1. The van der Waals surface area contributed by atoms with Crippen molar-refractivity contribution in [3.63, 3.8) is 0 Å². The second-order valence-electron chi connectivity index (χ2n) is 9.47. The molecule has 0 bridgehead atoms. The highest BCUT2D eigenvalue weighted by Gasteiger charge is 2.31. The summed E-state index contributed by atoms with van der Waals surface area (Å²) in [7, 11) is 0. The largest absolute Gasteiger partial charge is 0.444 e. The number of aromatic nitrogens is 1. The molecule has 1 aliphatic rings. The molecule has 0 saturated heterocycles. The van der Waals surface area contributed by atoms with Gasteiger partial charge in [0, 0.05) is 31.4 Å². The van der Waals surface area contributed by atoms with Crippen molar-refractivity contribution in [1.29, 1.82) is 0 Å². The number of aliphatic hydroxyl groups is 1. The highest BCUT2D eigenvalue weighted by Crippen LogP contribution is 2.38. The number of hydrogen-bond acceptors (Lipinski definition) is 6. The minimum absolute atomic E-state index is 0.200. The maximum atomic E-state index is 12.2. The molecule has 7 heteroatoms. The van der Waals surface area contributed by atoms with E-state index in [1.54, 1.807) is 11.3 Å². The highest BCUT2D eigenvalue weighted by atomic mass is 32.1. The van der Waals surface area contributed by atoms with Crippen molar-refractivity contribution in [3.05, 3.63) is 35.0 Å². The van der Waals surface area contributed by atoms with Crippen LogP contribution in [-0.4, -0.2) is 41.0 Å². The minimum atomic E-state index is -0.527. The van der Waals surface area contributed by atoms with Crippen molar-refractivity contribution < 1.29 is 14.6 Å². The average Bonchev–Trinajstić information content (AvgIpc) is 3.45. The molecule has 1 heterocycles. The first kappa shape index (κ1) is 23.5. The number of aliphatic hydroxyl groups excluding tert-OH is 1. The second kappa shape index (κ2) is 10.0. The van der Waals surface area contributed by atoms with E-state index in [4.69, 9.17) is 4.74 Å². The molecule has 1 saturated carbocycles. The Hall–Kier alpha value is -2.12. The van der Waals surface area contributed by atoms with Crippen molar-refractivity contribution in [2.24, 2.45) is 5.92 Å². The molecule has 0 radical (unpaired) electrons. The number of carbonyl (C=O) groups excluding carboxylic acids is 1. The van der Waals surface area contributed by atoms with Gasteiger partial charge in [-0.2, -0.15) is 0 Å². The quantitative estimate of drug-likeness (QED) is 0.560. The molecule has 1 aromatic heterocycles. The van der Waals surface area contributed by atoms with E-state index in [0.29, 0.717) is 12.6 Å². The number of benzene rings is 1. The van der Waals surface area contributed by atoms with Crippen LogP contribution in [0.5, 0.6) is 0 Å². The predicted molar refractivity (Wildman–Crippen MR) is 127 cm³/mol. The van der Waals surface area contributed by atoms with Gasteiger partial charge in [-0.15, -0.1) is 11.3 Å². The Balaban J connectivity index is 1.88. The molecular weight excluding hydrogens is 410 g/mol. The maximum Gasteiger partial charge on any atom is 0.407 e. The van der Waals surface area contributed by atoms with Crippen LogP contribution in [0.3, 0.4) is 0 Å². The number of rotatable bonds is 9. The molecule has 2 N–H and O–H groups in total. The van der Waals surface area contributed by atoms with Crippen molar-refractivity contribution in [3.8, 4) is 10.4 Å². The lowest BCUT2D eigenvalue weighted by molar-refractivity contribution is 0.0523. The lowest BCUT2D eigenvalue weighted by Gasteiger charge is -2.29. The summed E-state index contributed by atoms with van der Waals surface area (Å²) in [6.07, 6.45) is 2.87. The number of carbonyl (C=O) groups is 1. The zero-order chi connectivity index (χ0) is 22.6. The molecule has 0 aliphatic heterocycles. The van der Waals surface area contributed by atoms with E-state index in [0.717, 1.165) is 35.5 Å². The Morgan fingerprint density at radius 2 is 2.13 bits per heavy atom. The summed E-state index contributed by atoms with van der Waals surface area (Å²) >= 11 is 1.65. The van der Waals surface area contributed by atoms with Crippen LogP contribution in [0.15, 0.2) is 23.7 Å². The standard InChI is InChI=1S/C24H35N3O3S/c1-16(14-28)10-11-27(20-8-9-20)21-12-18(22-17(2)26-15-31-22)6-7-19(21)13-25-23(29)30-24(3,4)5/h6-7,12,15-16,20,28H,8-11,13-14H2,1-5H3,(H,25,29). The van der Waals surface area contributed by atoms with Gasteiger partial charge in [0.15, 0.2) is 0 Å². The molecule has 3 rings (SSSR count). The lowest BCUT2D eigenvalue weighted by Crippen LogP contribution is -2.33. The van der Waals surface area contributed by atoms with Crippen LogP contribution in [0.4, 0.5) is 10.5 Å². The first-order valence-electron chi connectivity index (χ1n) is 11.1. The van der Waals surface area contributed by atoms with Crippen molar-refractivity contribution in [2.45, 2.75) is 72.1 Å². The Kier molecular flexibility index (Phi) is 7.59. The van der Waals surface area contributed by atoms with Crippen molar-refractivity contribution in [1.82, 2.24) is 10.3 Å². The van der Waals surface area contributed by atoms with Gasteiger partial charge in [0.25, 0.3) is 0 Å². The fourth-order valence-corrected chi connectivity index (χ4v) is 4.32. The van der Waals surface area contributed by atoms with E-state index in [2.05, 4.69) is 40.3 Å². The van der Waals surface area contributed by atoms with Gasteiger partial charge in [-0.25, -0.2) is 9.78 Å². The zero-order valence-corrected chi connectivity index (χ0v) is 20.1. The lowest BCUT2D eigenvalue weighted by atomic mass is 10.0. The Labute approximate surface area is 189 Å². The Bertz CT molecular complexity index is 886. The van der Waals surface area contributed by atoms with Crippen LogP contribution in [-0.2, 0) is 11.3 Å². The number of amides is 1. The topological polar surface area (TPSA) is 74.7 Å². The molecule has 1 aliphatic carbocycles. The summed E-state index contributed by atoms with van der Waals surface area (Å²) < 4.78 is 5.41. The molecule has 6 nitrogen and oxygen atoms in total. The number of ether oxygens (including phenoxy) is 1. The second-order valence-corrected chi connectivity index (χ2v) is 10.3. The number of anilines is 1. The molecule has 1 aromatic carbocycles. The van der Waals surface area contributed by atoms with E-state index < -0.39 is 11.7 Å². The zero-order valence-electron chi connectivity index (χ0n) is 19.3. The van der Waals surface area contributed by atoms with Crippen LogP contribution >= 0.6 is 11.3 Å². The fourth-order valence-electron chi connectivity index (χ4n) is 3.52. The summed E-state index contributed by atoms with van der Waals surface area (Å²) in [4.78, 5) is 20.3. The number of nitrogens with zero attached hydrogens (tertiary/aromatic N) is 2. The maximum absolute atomic E-state index is 12.2. The molecule has 1 atom stereocenters. The van der Waals surface area contributed by atoms with Gasteiger partial charge in [-0.3, -0.25) is 0 Å². The van der Waals surface area contributed by atoms with Gasteiger partial charge < -0.3 is 20.1 Å². The molecule has 0 spiro atoms. The van der Waals surface area contributed by atoms with Gasteiger partial charge in [-0.1, -0.05) is 19.1 Å². The predicted octanol–water partition coefficient (Wildman–Crippen LogP) is 5.13. The van der Waals surface area contributed by atoms with Crippen molar-refractivity contribution in [2.75, 3.05) is 18.1 Å². The third-order valence-corrected chi connectivity index (χ3v) is 6.36. The third-order valence-electron chi connectivity index (χ3n) is 5.39. The number of hydrogen-bond donors (Lipinski definition) is 2. The SMILES string of the molecule is Cc1ncsc1-c1ccc(CNC(=O)OC(C)(C)C)c(N(CCC(C)CO)C2CC2)c1. The van der Waals surface area contributed by atoms with Crippen LogP contribution in [0, 0.1) is 12.8 Å². The van der Waals surface area contributed by atoms with Crippen molar-refractivity contribution >= 4 is 23.1 Å². The molecule has 1 amide bonds. The summed E-state index contributed by atoms with van der Waals surface area (Å²) in [6.45, 7) is 11.2. The van der Waals surface area contributed by atoms with Crippen LogP contribution < -0.4 is 10.2 Å². The molecule has 31 heavy (non-hydrogen) atoms. The van der Waals surface area contributed by atoms with Crippen LogP contribution in [0.25, 0.3) is 10.4 Å². The van der Waals surface area contributed by atoms with E-state index >= 15 is 0 Å². The van der Waals surface area contributed by atoms with Crippen LogP contribution in [0.2, 0.25) is 0 Å². The Morgan fingerprint density at radius 1 is 1.39 bits per heavy atom. The normalized spacial score (nSPS) is 14.9. The molecular formula is C24H35N3O3S. The number of aryl methyl sites for hydroxylation is 1. The highest BCUT2D eigenvalue weighted by molar-refractivity contribution is 7.13. The molecule has 2 aromatic rings. The molecule has 1 fully saturated rings. The van der Waals surface area contributed by atoms with Gasteiger partial charge in [0.05, 0.1) is 16.1 Å². The van der Waals surface area contributed by atoms with E-state index in [1.807, 2.05) is 33.2 Å². The summed E-state index contributed by atoms with van der Waals surface area (Å²) in [5.41, 5.74) is 5.75. The first-order valence-corrected chi connectivity index (χ1v) is 11.9. The van der Waals surface area contributed by atoms with Gasteiger partial charge in [-0.05, 0) is 70.1 Å². The van der Waals surface area contributed by atoms with E-state index in [1.165, 1.54) is 17.7 Å². The molecule has 170 valence electrons. The Morgan fingerprint density at radius 3 is 2.71 bits per heavy atom. The minimum Gasteiger partial charge on any atom is -0.444 e. The monoisotopic (exact) mass is 445 g/mol. The van der Waals surface area contributed by atoms with Gasteiger partial charge >= 0.3 is 6.09 Å². The van der Waals surface area contributed by atoms with Crippen LogP contribution in [0.1, 0.15) is 58.2 Å². The summed E-state index contributed by atoms with van der Waals surface area (Å²) in [5, 5.41) is 12.4. The van der Waals surface area contributed by atoms with Gasteiger partial charge in [0.2, 0.25) is 0 Å². The molecule has 1 unspecified atom stereocenters. The number of alkyl carbamates (subject to hydrolysis) is 1. The number of thiazole rings is 1. The van der Waals surface area contributed by atoms with Gasteiger partial charge in [0.1, 0.15) is 5.60 Å². The fraction of sp³-hybridized carbons (Fsp3) is 0.583. The first-order chi connectivity index (χ1) is 14.7. The summed E-state index contributed by atoms with van der Waals surface area (Å²) in [6, 6.07) is 6.96. The van der Waals surface area contributed by atoms with E-state index in [-0.39, 0.29) is 12.5 Å². The summed E-state index contributed by atoms with van der Waals surface area (Å²) in [5.74, 6) is 0.261. The van der Waals surface area contributed by atoms with E-state index in [9.17, 15) is 9.90 Å². The average molecular weight is 446 g/mol. The smallest absolute Gasteiger partial charge is 0.407 e.